The van der Waals surface area contributed by atoms with E-state index in [0.717, 1.165) is 17.8 Å². The van der Waals surface area contributed by atoms with Crippen molar-refractivity contribution in [2.45, 2.75) is 26.7 Å². The van der Waals surface area contributed by atoms with Gasteiger partial charge in [-0.3, -0.25) is 9.59 Å². The van der Waals surface area contributed by atoms with Crippen LogP contribution in [0.3, 0.4) is 0 Å². The zero-order valence-electron chi connectivity index (χ0n) is 15.4. The molecular weight excluding hydrogens is 387 g/mol. The Balaban J connectivity index is 1.87. The Morgan fingerprint density at radius 2 is 1.74 bits per heavy atom. The van der Waals surface area contributed by atoms with Gasteiger partial charge in [0.05, 0.1) is 33.2 Å². The van der Waals surface area contributed by atoms with E-state index in [1.54, 1.807) is 39.7 Å². The van der Waals surface area contributed by atoms with Gasteiger partial charge >= 0.3 is 0 Å². The zero-order valence-corrected chi connectivity index (χ0v) is 16.9. The third-order valence-electron chi connectivity index (χ3n) is 4.75. The van der Waals surface area contributed by atoms with Gasteiger partial charge < -0.3 is 9.80 Å². The van der Waals surface area contributed by atoms with E-state index in [9.17, 15) is 9.59 Å². The maximum atomic E-state index is 13.1. The fourth-order valence-corrected chi connectivity index (χ4v) is 3.56. The number of amides is 2. The molecule has 144 valence electrons. The summed E-state index contributed by atoms with van der Waals surface area (Å²) in [5.74, 6) is -0.00540. The van der Waals surface area contributed by atoms with Gasteiger partial charge in [-0.05, 0) is 24.6 Å². The van der Waals surface area contributed by atoms with Crippen LogP contribution in [0.25, 0.3) is 5.69 Å². The Morgan fingerprint density at radius 3 is 2.33 bits per heavy atom. The molecule has 1 aliphatic heterocycles. The lowest BCUT2D eigenvalue weighted by Gasteiger charge is -2.34. The van der Waals surface area contributed by atoms with Crippen LogP contribution >= 0.6 is 23.2 Å². The summed E-state index contributed by atoms with van der Waals surface area (Å²) in [7, 11) is 0. The smallest absolute Gasteiger partial charge is 0.257 e. The van der Waals surface area contributed by atoms with E-state index in [-0.39, 0.29) is 11.8 Å². The van der Waals surface area contributed by atoms with Crippen molar-refractivity contribution in [2.75, 3.05) is 26.2 Å². The maximum absolute atomic E-state index is 13.1. The Kier molecular flexibility index (Phi) is 6.07. The van der Waals surface area contributed by atoms with Crippen molar-refractivity contribution in [1.29, 1.82) is 0 Å². The largest absolute Gasteiger partial charge is 0.339 e. The number of nitrogens with zero attached hydrogens (tertiary/aromatic N) is 4. The van der Waals surface area contributed by atoms with Gasteiger partial charge in [0, 0.05) is 33.1 Å². The van der Waals surface area contributed by atoms with E-state index in [2.05, 4.69) is 12.0 Å². The lowest BCUT2D eigenvalue weighted by molar-refractivity contribution is -0.130. The van der Waals surface area contributed by atoms with Crippen LogP contribution in [0.4, 0.5) is 0 Å². The highest BCUT2D eigenvalue weighted by Gasteiger charge is 2.27. The first-order valence-electron chi connectivity index (χ1n) is 8.99. The van der Waals surface area contributed by atoms with Crippen molar-refractivity contribution >= 4 is 35.0 Å². The van der Waals surface area contributed by atoms with Crippen molar-refractivity contribution < 1.29 is 9.59 Å². The molecule has 0 saturated carbocycles. The summed E-state index contributed by atoms with van der Waals surface area (Å²) in [5, 5.41) is 5.36. The Bertz CT molecular complexity index is 857. The van der Waals surface area contributed by atoms with Crippen molar-refractivity contribution in [3.63, 3.8) is 0 Å². The molecule has 0 radical (unpaired) electrons. The van der Waals surface area contributed by atoms with E-state index < -0.39 is 0 Å². The van der Waals surface area contributed by atoms with Crippen molar-refractivity contribution in [3.8, 4) is 5.69 Å². The van der Waals surface area contributed by atoms with Crippen LogP contribution in [-0.2, 0) is 11.2 Å². The number of carbonyl (C=O) groups is 2. The molecule has 8 heteroatoms. The number of benzene rings is 1. The number of hydrogen-bond donors (Lipinski definition) is 0. The van der Waals surface area contributed by atoms with Crippen LogP contribution in [0.1, 0.15) is 36.3 Å². The average molecular weight is 409 g/mol. The van der Waals surface area contributed by atoms with Crippen molar-refractivity contribution in [3.05, 3.63) is 45.7 Å². The number of carbonyl (C=O) groups excluding carboxylic acids is 2. The minimum Gasteiger partial charge on any atom is -0.339 e. The van der Waals surface area contributed by atoms with Gasteiger partial charge in [0.1, 0.15) is 0 Å². The molecule has 1 fully saturated rings. The molecule has 27 heavy (non-hydrogen) atoms. The number of rotatable bonds is 4. The van der Waals surface area contributed by atoms with Gasteiger partial charge in [0.25, 0.3) is 5.91 Å². The monoisotopic (exact) mass is 408 g/mol. The minimum atomic E-state index is -0.0482. The summed E-state index contributed by atoms with van der Waals surface area (Å²) in [4.78, 5) is 28.1. The van der Waals surface area contributed by atoms with Gasteiger partial charge in [-0.1, -0.05) is 36.5 Å². The fourth-order valence-electron chi connectivity index (χ4n) is 3.26. The molecule has 1 aromatic carbocycles. The van der Waals surface area contributed by atoms with E-state index >= 15 is 0 Å². The lowest BCUT2D eigenvalue weighted by Crippen LogP contribution is -2.50. The summed E-state index contributed by atoms with van der Waals surface area (Å²) in [6, 6.07) is 5.30. The Labute approximate surface area is 168 Å². The highest BCUT2D eigenvalue weighted by Crippen LogP contribution is 2.26. The summed E-state index contributed by atoms with van der Waals surface area (Å²) >= 11 is 12.2. The van der Waals surface area contributed by atoms with Crippen molar-refractivity contribution in [2.24, 2.45) is 0 Å². The van der Waals surface area contributed by atoms with Crippen LogP contribution in [0, 0.1) is 0 Å². The molecule has 2 aromatic rings. The standard InChI is InChI=1S/C19H22Cl2N4O2/c1-3-4-18-15(19(27)24-9-7-23(8-10-24)13(2)26)12-22-25(18)14-5-6-16(20)17(21)11-14/h5-6,11-12H,3-4,7-10H2,1-2H3. The first-order valence-corrected chi connectivity index (χ1v) is 9.75. The molecule has 0 aliphatic carbocycles. The topological polar surface area (TPSA) is 58.4 Å². The average Bonchev–Trinajstić information content (AvgIpc) is 3.07. The molecule has 1 aromatic heterocycles. The Morgan fingerprint density at radius 1 is 1.07 bits per heavy atom. The molecule has 0 atom stereocenters. The normalized spacial score (nSPS) is 14.5. The molecule has 2 heterocycles. The van der Waals surface area contributed by atoms with Gasteiger partial charge in [0.15, 0.2) is 0 Å². The van der Waals surface area contributed by atoms with Crippen LogP contribution in [-0.4, -0.2) is 57.6 Å². The second-order valence-corrected chi connectivity index (χ2v) is 7.38. The second kappa shape index (κ2) is 8.31. The SMILES string of the molecule is CCCc1c(C(=O)N2CCN(C(C)=O)CC2)cnn1-c1ccc(Cl)c(Cl)c1. The summed E-state index contributed by atoms with van der Waals surface area (Å²) in [6.45, 7) is 5.80. The second-order valence-electron chi connectivity index (χ2n) is 6.56. The third-order valence-corrected chi connectivity index (χ3v) is 5.49. The van der Waals surface area contributed by atoms with Gasteiger partial charge in [0.2, 0.25) is 5.91 Å². The molecule has 1 aliphatic rings. The molecule has 0 unspecified atom stereocenters. The molecule has 3 rings (SSSR count). The van der Waals surface area contributed by atoms with E-state index in [4.69, 9.17) is 23.2 Å². The van der Waals surface area contributed by atoms with Gasteiger partial charge in [-0.2, -0.15) is 5.10 Å². The zero-order chi connectivity index (χ0) is 19.6. The Hall–Kier alpha value is -2.05. The lowest BCUT2D eigenvalue weighted by atomic mass is 10.1. The van der Waals surface area contributed by atoms with Crippen molar-refractivity contribution in [1.82, 2.24) is 19.6 Å². The predicted molar refractivity (Wildman–Crippen MR) is 106 cm³/mol. The van der Waals surface area contributed by atoms with E-state index in [1.807, 2.05) is 6.07 Å². The van der Waals surface area contributed by atoms with Crippen LogP contribution < -0.4 is 0 Å². The molecule has 0 bridgehead atoms. The molecule has 1 saturated heterocycles. The van der Waals surface area contributed by atoms with Crippen LogP contribution in [0.5, 0.6) is 0 Å². The fraction of sp³-hybridized carbons (Fsp3) is 0.421. The quantitative estimate of drug-likeness (QED) is 0.778. The summed E-state index contributed by atoms with van der Waals surface area (Å²) in [5.41, 5.74) is 2.22. The molecular formula is C19H22Cl2N4O2. The maximum Gasteiger partial charge on any atom is 0.257 e. The molecule has 2 amide bonds. The molecule has 0 spiro atoms. The predicted octanol–water partition coefficient (Wildman–Crippen LogP) is 3.44. The summed E-state index contributed by atoms with van der Waals surface area (Å²) in [6.07, 6.45) is 3.22. The first-order chi connectivity index (χ1) is 12.9. The highest BCUT2D eigenvalue weighted by molar-refractivity contribution is 6.42. The van der Waals surface area contributed by atoms with Crippen LogP contribution in [0.15, 0.2) is 24.4 Å². The van der Waals surface area contributed by atoms with E-state index in [0.29, 0.717) is 48.2 Å². The first kappa shape index (κ1) is 19.7. The third kappa shape index (κ3) is 4.12. The van der Waals surface area contributed by atoms with Gasteiger partial charge in [-0.15, -0.1) is 0 Å². The summed E-state index contributed by atoms with van der Waals surface area (Å²) < 4.78 is 1.75. The molecule has 0 N–H and O–H groups in total. The van der Waals surface area contributed by atoms with E-state index in [1.165, 1.54) is 0 Å². The molecule has 6 nitrogen and oxygen atoms in total. The number of piperazine rings is 1. The minimum absolute atomic E-state index is 0.0428. The van der Waals surface area contributed by atoms with Crippen LogP contribution in [0.2, 0.25) is 10.0 Å². The number of hydrogen-bond acceptors (Lipinski definition) is 3. The highest BCUT2D eigenvalue weighted by atomic mass is 35.5. The van der Waals surface area contributed by atoms with Gasteiger partial charge in [-0.25, -0.2) is 4.68 Å². The number of halogens is 2. The number of aromatic nitrogens is 2.